The number of rotatable bonds is 6. The third kappa shape index (κ3) is 8.83. The monoisotopic (exact) mass is 258 g/mol. The summed E-state index contributed by atoms with van der Waals surface area (Å²) >= 11 is 4.23. The molecule has 0 radical (unpaired) electrons. The summed E-state index contributed by atoms with van der Waals surface area (Å²) in [5.74, 6) is -0.0921. The number of halogens is 1. The van der Waals surface area contributed by atoms with Crippen LogP contribution in [0.4, 0.5) is 0 Å². The minimum atomic E-state index is -0.621. The van der Waals surface area contributed by atoms with Gasteiger partial charge in [-0.1, -0.05) is 19.6 Å². The molecule has 0 saturated heterocycles. The molecule has 0 aromatic rings. The zero-order valence-corrected chi connectivity index (χ0v) is 11.9. The molecular formula is C7H19ClN2O2SSi. The number of amidine groups is 1. The maximum absolute atomic E-state index is 5.06. The standard InChI is InChI=1S/C7H18N2O2SSi.ClH/c1-4-5-8-6(12)9-13-7(10-2)11-3;/h7H,4-5,13H2,1-3H3,(H2,8,9,12);1H. The van der Waals surface area contributed by atoms with Gasteiger partial charge < -0.3 is 26.9 Å². The van der Waals surface area contributed by atoms with Gasteiger partial charge in [-0.3, -0.25) is 4.99 Å². The van der Waals surface area contributed by atoms with Crippen molar-refractivity contribution in [3.8, 4) is 0 Å². The van der Waals surface area contributed by atoms with Crippen LogP contribution in [0.3, 0.4) is 0 Å². The Balaban J connectivity index is 0. The highest BCUT2D eigenvalue weighted by Crippen LogP contribution is 1.84. The minimum Gasteiger partial charge on any atom is -1.00 e. The van der Waals surface area contributed by atoms with Crippen molar-refractivity contribution in [2.24, 2.45) is 0 Å². The molecule has 0 spiro atoms. The normalized spacial score (nSPS) is 12.2. The lowest BCUT2D eigenvalue weighted by Crippen LogP contribution is -3.00. The highest BCUT2D eigenvalue weighted by Gasteiger charge is 2.10. The number of hydrogen-bond donors (Lipinski definition) is 3. The molecule has 0 heterocycles. The predicted octanol–water partition coefficient (Wildman–Crippen LogP) is -4.98. The molecule has 0 aromatic heterocycles. The van der Waals surface area contributed by atoms with E-state index in [4.69, 9.17) is 9.47 Å². The number of hydrogen-bond acceptors (Lipinski definition) is 2. The first kappa shape index (κ1) is 16.7. The number of nitrogens with one attached hydrogen (secondary N) is 2. The molecule has 0 aliphatic heterocycles. The van der Waals surface area contributed by atoms with Crippen LogP contribution in [-0.4, -0.2) is 41.5 Å². The first-order chi connectivity index (χ1) is 6.24. The third-order valence-corrected chi connectivity index (χ3v) is 3.68. The molecule has 2 N–H and O–H groups in total. The lowest BCUT2D eigenvalue weighted by Gasteiger charge is -2.09. The predicted molar refractivity (Wildman–Crippen MR) is 59.6 cm³/mol. The van der Waals surface area contributed by atoms with Crippen LogP contribution in [0.25, 0.3) is 0 Å². The molecule has 0 aliphatic carbocycles. The van der Waals surface area contributed by atoms with Gasteiger partial charge in [0.05, 0.1) is 6.54 Å². The molecule has 0 bridgehead atoms. The summed E-state index contributed by atoms with van der Waals surface area (Å²) in [4.78, 5) is 6.31. The summed E-state index contributed by atoms with van der Waals surface area (Å²) in [5, 5.41) is 0.813. The Morgan fingerprint density at radius 3 is 2.50 bits per heavy atom. The van der Waals surface area contributed by atoms with Crippen LogP contribution in [0, 0.1) is 0 Å². The molecule has 0 aliphatic rings. The van der Waals surface area contributed by atoms with Gasteiger partial charge in [0.15, 0.2) is 5.91 Å². The van der Waals surface area contributed by atoms with Gasteiger partial charge in [0.2, 0.25) is 0 Å². The highest BCUT2D eigenvalue weighted by molar-refractivity contribution is 7.96. The summed E-state index contributed by atoms with van der Waals surface area (Å²) in [6.45, 7) is 3.05. The summed E-state index contributed by atoms with van der Waals surface area (Å²) in [6.07, 6.45) is 1.09. The second-order valence-corrected chi connectivity index (χ2v) is 4.43. The fourth-order valence-corrected chi connectivity index (χ4v) is 1.95. The van der Waals surface area contributed by atoms with Crippen LogP contribution in [0.1, 0.15) is 13.3 Å². The van der Waals surface area contributed by atoms with Crippen molar-refractivity contribution in [2.75, 3.05) is 20.8 Å². The summed E-state index contributed by atoms with van der Waals surface area (Å²) in [7, 11) is 2.66. The van der Waals surface area contributed by atoms with Gasteiger partial charge in [-0.05, 0) is 6.42 Å². The van der Waals surface area contributed by atoms with Crippen molar-refractivity contribution >= 4 is 27.5 Å². The largest absolute Gasteiger partial charge is 1.00 e. The van der Waals surface area contributed by atoms with Gasteiger partial charge in [-0.15, -0.1) is 0 Å². The van der Waals surface area contributed by atoms with Crippen molar-refractivity contribution in [2.45, 2.75) is 19.3 Å². The zero-order valence-electron chi connectivity index (χ0n) is 8.84. The molecule has 0 unspecified atom stereocenters. The summed E-state index contributed by atoms with van der Waals surface area (Å²) in [5.41, 5.74) is 0. The molecule has 14 heavy (non-hydrogen) atoms. The van der Waals surface area contributed by atoms with Gasteiger partial charge in [0.25, 0.3) is 14.8 Å². The average molecular weight is 259 g/mol. The molecule has 86 valence electrons. The van der Waals surface area contributed by atoms with Crippen LogP contribution < -0.4 is 22.4 Å². The fraction of sp³-hybridized carbons (Fsp3) is 0.857. The van der Waals surface area contributed by atoms with Crippen molar-refractivity contribution < 1.29 is 26.9 Å². The maximum Gasteiger partial charge on any atom is 0.286 e. The Morgan fingerprint density at radius 1 is 1.50 bits per heavy atom. The van der Waals surface area contributed by atoms with Gasteiger partial charge in [-0.25, -0.2) is 0 Å². The molecular weight excluding hydrogens is 240 g/mol. The third-order valence-electron chi connectivity index (χ3n) is 1.50. The Kier molecular flexibility index (Phi) is 13.5. The van der Waals surface area contributed by atoms with E-state index in [0.717, 1.165) is 18.1 Å². The Bertz CT molecular complexity index is 159. The van der Waals surface area contributed by atoms with Crippen molar-refractivity contribution in [3.05, 3.63) is 0 Å². The van der Waals surface area contributed by atoms with E-state index < -0.39 is 9.68 Å². The second-order valence-electron chi connectivity index (χ2n) is 2.56. The van der Waals surface area contributed by atoms with E-state index in [0.29, 0.717) is 0 Å². The number of thiol groups is 1. The minimum absolute atomic E-state index is 0. The first-order valence-electron chi connectivity index (χ1n) is 4.33. The molecule has 0 atom stereocenters. The molecule has 4 nitrogen and oxygen atoms in total. The smallest absolute Gasteiger partial charge is 0.286 e. The van der Waals surface area contributed by atoms with E-state index >= 15 is 0 Å². The molecule has 0 amide bonds. The molecule has 0 saturated carbocycles. The van der Waals surface area contributed by atoms with Gasteiger partial charge in [0.1, 0.15) is 0 Å². The topological polar surface area (TPSA) is 44.5 Å². The highest BCUT2D eigenvalue weighted by atomic mass is 35.5. The van der Waals surface area contributed by atoms with Crippen LogP contribution >= 0.6 is 12.6 Å². The molecule has 0 fully saturated rings. The number of methoxy groups -OCH3 is 2. The summed E-state index contributed by atoms with van der Waals surface area (Å²) in [6, 6.07) is 0. The fourth-order valence-electron chi connectivity index (χ4n) is 0.749. The van der Waals surface area contributed by atoms with Crippen LogP contribution in [-0.2, 0) is 9.47 Å². The van der Waals surface area contributed by atoms with E-state index in [-0.39, 0.29) is 18.3 Å². The Morgan fingerprint density at radius 2 is 2.07 bits per heavy atom. The van der Waals surface area contributed by atoms with Crippen molar-refractivity contribution in [1.29, 1.82) is 0 Å². The van der Waals surface area contributed by atoms with Crippen LogP contribution in [0.15, 0.2) is 0 Å². The van der Waals surface area contributed by atoms with Gasteiger partial charge in [-0.2, -0.15) is 0 Å². The van der Waals surface area contributed by atoms with Gasteiger partial charge >= 0.3 is 0 Å². The lowest BCUT2D eigenvalue weighted by atomic mass is 10.5. The quantitative estimate of drug-likeness (QED) is 0.147. The van der Waals surface area contributed by atoms with Gasteiger partial charge in [0, 0.05) is 14.2 Å². The average Bonchev–Trinajstić information content (AvgIpc) is 2.16. The van der Waals surface area contributed by atoms with E-state index in [1.165, 1.54) is 0 Å². The molecule has 0 aromatic carbocycles. The lowest BCUT2D eigenvalue weighted by molar-refractivity contribution is -0.455. The van der Waals surface area contributed by atoms with E-state index in [1.54, 1.807) is 14.2 Å². The Labute approximate surface area is 99.6 Å². The second kappa shape index (κ2) is 11.3. The van der Waals surface area contributed by atoms with Crippen LogP contribution in [0.5, 0.6) is 0 Å². The molecule has 7 heteroatoms. The van der Waals surface area contributed by atoms with Crippen molar-refractivity contribution in [1.82, 2.24) is 4.98 Å². The Hall–Kier alpha value is 0.247. The van der Waals surface area contributed by atoms with E-state index in [9.17, 15) is 0 Å². The van der Waals surface area contributed by atoms with Crippen LogP contribution in [0.2, 0.25) is 0 Å². The molecule has 0 rings (SSSR count). The summed E-state index contributed by atoms with van der Waals surface area (Å²) < 4.78 is 10.1. The first-order valence-corrected chi connectivity index (χ1v) is 6.30. The maximum atomic E-state index is 5.06. The van der Waals surface area contributed by atoms with E-state index in [1.807, 2.05) is 0 Å². The van der Waals surface area contributed by atoms with E-state index in [2.05, 4.69) is 29.5 Å². The zero-order chi connectivity index (χ0) is 10.1. The van der Waals surface area contributed by atoms with Crippen molar-refractivity contribution in [3.63, 3.8) is 0 Å². The SMILES string of the molecule is CCC[NH+]=C(S)N[SiH2]C(OC)OC.[Cl-]. The number of ether oxygens (including phenoxy) is 2.